The summed E-state index contributed by atoms with van der Waals surface area (Å²) in [6.07, 6.45) is 39.5. The van der Waals surface area contributed by atoms with E-state index in [0.29, 0.717) is 17.3 Å². The molecule has 2 nitrogen and oxygen atoms in total. The molecule has 270 valence electrons. The third kappa shape index (κ3) is 10.7. The molecule has 4 aliphatic carbocycles. The molecule has 8 atom stereocenters. The first-order valence-corrected chi connectivity index (χ1v) is 21.2. The van der Waals surface area contributed by atoms with Gasteiger partial charge in [0, 0.05) is 12.8 Å². The summed E-state index contributed by atoms with van der Waals surface area (Å²) in [6, 6.07) is 0. The Kier molecular flexibility index (Phi) is 16.0. The Labute approximate surface area is 293 Å². The zero-order valence-corrected chi connectivity index (χ0v) is 32.3. The number of rotatable bonds is 21. The number of unbranched alkanes of at least 4 members (excludes halogenated alkanes) is 11. The largest absolute Gasteiger partial charge is 0.462 e. The van der Waals surface area contributed by atoms with Crippen molar-refractivity contribution in [3.63, 3.8) is 0 Å². The van der Waals surface area contributed by atoms with E-state index in [9.17, 15) is 4.79 Å². The van der Waals surface area contributed by atoms with Crippen LogP contribution in [-0.4, -0.2) is 12.1 Å². The van der Waals surface area contributed by atoms with E-state index in [1.807, 2.05) is 0 Å². The lowest BCUT2D eigenvalue weighted by Gasteiger charge is -2.58. The van der Waals surface area contributed by atoms with Crippen molar-refractivity contribution in [2.24, 2.45) is 46.3 Å². The summed E-state index contributed by atoms with van der Waals surface area (Å²) in [7, 11) is 0. The van der Waals surface area contributed by atoms with Gasteiger partial charge in [0.15, 0.2) is 0 Å². The number of hydrogen-bond acceptors (Lipinski definition) is 2. The van der Waals surface area contributed by atoms with Crippen molar-refractivity contribution < 1.29 is 9.53 Å². The van der Waals surface area contributed by atoms with Crippen molar-refractivity contribution in [3.05, 3.63) is 23.8 Å². The van der Waals surface area contributed by atoms with Crippen LogP contribution in [0.1, 0.15) is 202 Å². The van der Waals surface area contributed by atoms with Crippen LogP contribution in [0.3, 0.4) is 0 Å². The number of allylic oxidation sites excluding steroid dienone is 3. The maximum Gasteiger partial charge on any atom is 0.306 e. The fraction of sp³-hybridized carbons (Fsp3) is 0.889. The second-order valence-corrected chi connectivity index (χ2v) is 18.0. The van der Waals surface area contributed by atoms with E-state index in [-0.39, 0.29) is 12.1 Å². The van der Waals surface area contributed by atoms with E-state index < -0.39 is 0 Å². The van der Waals surface area contributed by atoms with Crippen LogP contribution in [-0.2, 0) is 9.53 Å². The molecule has 0 aliphatic heterocycles. The summed E-state index contributed by atoms with van der Waals surface area (Å²) in [5, 5.41) is 0. The molecule has 0 aromatic rings. The molecule has 3 saturated carbocycles. The first kappa shape index (κ1) is 38.7. The molecule has 0 amide bonds. The van der Waals surface area contributed by atoms with Gasteiger partial charge in [-0.2, -0.15) is 0 Å². The van der Waals surface area contributed by atoms with Gasteiger partial charge in [0.1, 0.15) is 6.10 Å². The number of carbonyl (C=O) groups is 1. The molecule has 0 saturated heterocycles. The van der Waals surface area contributed by atoms with Gasteiger partial charge in [0.05, 0.1) is 0 Å². The van der Waals surface area contributed by atoms with Gasteiger partial charge >= 0.3 is 5.97 Å². The lowest BCUT2D eigenvalue weighted by Crippen LogP contribution is -2.51. The molecule has 0 aromatic carbocycles. The predicted molar refractivity (Wildman–Crippen MR) is 202 cm³/mol. The topological polar surface area (TPSA) is 26.3 Å². The maximum absolute atomic E-state index is 12.8. The van der Waals surface area contributed by atoms with Crippen LogP contribution in [0.5, 0.6) is 0 Å². The van der Waals surface area contributed by atoms with E-state index in [4.69, 9.17) is 4.74 Å². The van der Waals surface area contributed by atoms with Crippen molar-refractivity contribution in [3.8, 4) is 0 Å². The van der Waals surface area contributed by atoms with Gasteiger partial charge in [-0.05, 0) is 123 Å². The van der Waals surface area contributed by atoms with Gasteiger partial charge in [-0.15, -0.1) is 0 Å². The second kappa shape index (κ2) is 19.4. The van der Waals surface area contributed by atoms with Crippen molar-refractivity contribution in [2.45, 2.75) is 208 Å². The van der Waals surface area contributed by atoms with Crippen molar-refractivity contribution in [2.75, 3.05) is 0 Å². The molecule has 0 radical (unpaired) electrons. The monoisotopic (exact) mass is 651 g/mol. The van der Waals surface area contributed by atoms with Crippen LogP contribution in [0.25, 0.3) is 0 Å². The van der Waals surface area contributed by atoms with Crippen LogP contribution in [0.2, 0.25) is 0 Å². The second-order valence-electron chi connectivity index (χ2n) is 18.0. The van der Waals surface area contributed by atoms with E-state index >= 15 is 0 Å². The van der Waals surface area contributed by atoms with Crippen molar-refractivity contribution >= 4 is 5.97 Å². The lowest BCUT2D eigenvalue weighted by molar-refractivity contribution is -0.151. The minimum Gasteiger partial charge on any atom is -0.462 e. The van der Waals surface area contributed by atoms with Crippen LogP contribution in [0.4, 0.5) is 0 Å². The smallest absolute Gasteiger partial charge is 0.306 e. The molecule has 0 N–H and O–H groups in total. The molecular formula is C45H78O2. The Balaban J connectivity index is 1.12. The third-order valence-corrected chi connectivity index (χ3v) is 14.2. The Morgan fingerprint density at radius 3 is 2.19 bits per heavy atom. The summed E-state index contributed by atoms with van der Waals surface area (Å²) in [4.78, 5) is 12.8. The summed E-state index contributed by atoms with van der Waals surface area (Å²) < 4.78 is 6.12. The standard InChI is InChI=1S/C45H78O2/c1-7-8-9-10-11-12-13-14-15-16-17-18-19-20-21-25-43(46)47-38-30-32-44(5)37(34-38)26-27-39-41-29-28-40(36(4)24-22-23-35(2)3)45(41,6)33-31-42(39)44/h14-15,26,35-36,38-42H,7-13,16-25,27-34H2,1-6H3/b15-14+/t36-,38+,39+,40+,41-,42+,44+,45-/m1/s1. The fourth-order valence-electron chi connectivity index (χ4n) is 11.3. The van der Waals surface area contributed by atoms with Gasteiger partial charge in [0.2, 0.25) is 0 Å². The first-order chi connectivity index (χ1) is 22.7. The van der Waals surface area contributed by atoms with Crippen molar-refractivity contribution in [1.82, 2.24) is 0 Å². The third-order valence-electron chi connectivity index (χ3n) is 14.2. The Morgan fingerprint density at radius 1 is 0.809 bits per heavy atom. The molecule has 0 bridgehead atoms. The van der Waals surface area contributed by atoms with Gasteiger partial charge in [-0.1, -0.05) is 136 Å². The molecule has 0 unspecified atom stereocenters. The SMILES string of the molecule is CCCCCCCC/C=C/CCCCCCCC(=O)O[C@H]1CC[C@@]2(C)C(=CC[C@H]3[C@H]4CC[C@@H]([C@H](C)CCCC(C)C)[C@@]4(C)CC[C@@H]32)C1. The quantitative estimate of drug-likeness (QED) is 0.0702. The molecule has 3 fully saturated rings. The summed E-state index contributed by atoms with van der Waals surface area (Å²) >= 11 is 0. The zero-order chi connectivity index (χ0) is 33.7. The highest BCUT2D eigenvalue weighted by Crippen LogP contribution is 2.67. The van der Waals surface area contributed by atoms with E-state index in [0.717, 1.165) is 61.2 Å². The van der Waals surface area contributed by atoms with Crippen LogP contribution >= 0.6 is 0 Å². The van der Waals surface area contributed by atoms with Crippen molar-refractivity contribution in [1.29, 1.82) is 0 Å². The van der Waals surface area contributed by atoms with Crippen LogP contribution < -0.4 is 0 Å². The number of ether oxygens (including phenoxy) is 1. The van der Waals surface area contributed by atoms with E-state index in [1.165, 1.54) is 128 Å². The molecule has 0 heterocycles. The average Bonchev–Trinajstić information content (AvgIpc) is 3.40. The van der Waals surface area contributed by atoms with E-state index in [2.05, 4.69) is 59.8 Å². The molecule has 0 aromatic heterocycles. The Hall–Kier alpha value is -1.05. The van der Waals surface area contributed by atoms with Crippen LogP contribution in [0, 0.1) is 46.3 Å². The highest BCUT2D eigenvalue weighted by molar-refractivity contribution is 5.69. The number of fused-ring (bicyclic) bond motifs is 5. The number of esters is 1. The molecule has 2 heteroatoms. The highest BCUT2D eigenvalue weighted by Gasteiger charge is 2.59. The normalized spacial score (nSPS) is 32.6. The molecule has 47 heavy (non-hydrogen) atoms. The minimum absolute atomic E-state index is 0.0541. The van der Waals surface area contributed by atoms with Gasteiger partial charge in [0.25, 0.3) is 0 Å². The summed E-state index contributed by atoms with van der Waals surface area (Å²) in [5.41, 5.74) is 2.53. The average molecular weight is 651 g/mol. The minimum atomic E-state index is 0.0541. The summed E-state index contributed by atoms with van der Waals surface area (Å²) in [6.45, 7) is 14.9. The lowest BCUT2D eigenvalue weighted by atomic mass is 9.47. The zero-order valence-electron chi connectivity index (χ0n) is 32.3. The van der Waals surface area contributed by atoms with E-state index in [1.54, 1.807) is 5.57 Å². The Morgan fingerprint density at radius 2 is 1.49 bits per heavy atom. The van der Waals surface area contributed by atoms with Gasteiger partial charge < -0.3 is 4.74 Å². The number of carbonyl (C=O) groups excluding carboxylic acids is 1. The summed E-state index contributed by atoms with van der Waals surface area (Å²) in [5.74, 6) is 5.31. The first-order valence-electron chi connectivity index (χ1n) is 21.2. The molecule has 0 spiro atoms. The molecule has 4 aliphatic rings. The number of hydrogen-bond donors (Lipinski definition) is 0. The Bertz CT molecular complexity index is 976. The van der Waals surface area contributed by atoms with Crippen LogP contribution in [0.15, 0.2) is 23.8 Å². The predicted octanol–water partition coefficient (Wildman–Crippen LogP) is 14.0. The molecular weight excluding hydrogens is 572 g/mol. The fourth-order valence-corrected chi connectivity index (χ4v) is 11.3. The highest BCUT2D eigenvalue weighted by atomic mass is 16.5. The van der Waals surface area contributed by atoms with Gasteiger partial charge in [-0.25, -0.2) is 0 Å². The van der Waals surface area contributed by atoms with Gasteiger partial charge in [-0.3, -0.25) is 4.79 Å². The maximum atomic E-state index is 12.8. The molecule has 4 rings (SSSR count).